The van der Waals surface area contributed by atoms with Gasteiger partial charge in [-0.05, 0) is 48.4 Å². The van der Waals surface area contributed by atoms with Crippen molar-refractivity contribution in [3.63, 3.8) is 0 Å². The summed E-state index contributed by atoms with van der Waals surface area (Å²) in [5.74, 6) is -1.02. The summed E-state index contributed by atoms with van der Waals surface area (Å²) in [5, 5.41) is 11.8. The van der Waals surface area contributed by atoms with Gasteiger partial charge in [-0.3, -0.25) is 0 Å². The van der Waals surface area contributed by atoms with E-state index in [-0.39, 0.29) is 11.3 Å². The monoisotopic (exact) mass is 368 g/mol. The van der Waals surface area contributed by atoms with Gasteiger partial charge in [0.25, 0.3) is 0 Å². The average molecular weight is 369 g/mol. The Balaban J connectivity index is 2.19. The van der Waals surface area contributed by atoms with E-state index in [1.807, 2.05) is 0 Å². The maximum atomic E-state index is 12.3. The molecule has 0 aliphatic heterocycles. The smallest absolute Gasteiger partial charge is 0.241 e. The van der Waals surface area contributed by atoms with Gasteiger partial charge in [-0.25, -0.2) is 13.1 Å². The number of carboxylic acids is 1. The van der Waals surface area contributed by atoms with Crippen molar-refractivity contribution in [3.05, 3.63) is 59.1 Å². The van der Waals surface area contributed by atoms with E-state index in [4.69, 9.17) is 16.3 Å². The zero-order chi connectivity index (χ0) is 17.7. The van der Waals surface area contributed by atoms with E-state index in [0.717, 1.165) is 0 Å². The van der Waals surface area contributed by atoms with Crippen molar-refractivity contribution in [3.8, 4) is 5.75 Å². The van der Waals surface area contributed by atoms with E-state index < -0.39 is 22.0 Å². The normalized spacial score (nSPS) is 12.6. The zero-order valence-corrected chi connectivity index (χ0v) is 14.3. The molecule has 0 saturated carbocycles. The lowest BCUT2D eigenvalue weighted by molar-refractivity contribution is -0.307. The zero-order valence-electron chi connectivity index (χ0n) is 12.7. The number of carboxylic acid groups (broad SMARTS) is 1. The molecule has 0 unspecified atom stereocenters. The van der Waals surface area contributed by atoms with Gasteiger partial charge in [0.05, 0.1) is 24.0 Å². The summed E-state index contributed by atoms with van der Waals surface area (Å²) >= 11 is 5.77. The summed E-state index contributed by atoms with van der Waals surface area (Å²) in [7, 11) is -2.55. The van der Waals surface area contributed by atoms with E-state index in [0.29, 0.717) is 16.3 Å². The standard InChI is InChI=1S/C16H16ClNO5S/c1-23-13-6-8-14(9-7-13)24(21,22)18-15(16(19)20)10-11-2-4-12(17)5-3-11/h2-9,15,18H,10H2,1H3,(H,19,20)/p-1/t15-/m0/s1. The van der Waals surface area contributed by atoms with Gasteiger partial charge < -0.3 is 14.6 Å². The highest BCUT2D eigenvalue weighted by Crippen LogP contribution is 2.17. The van der Waals surface area contributed by atoms with Gasteiger partial charge in [0.2, 0.25) is 10.0 Å². The molecule has 0 aliphatic rings. The maximum absolute atomic E-state index is 12.3. The molecule has 2 aromatic carbocycles. The van der Waals surface area contributed by atoms with Crippen LogP contribution in [0.2, 0.25) is 5.02 Å². The number of nitrogens with one attached hydrogen (secondary N) is 1. The van der Waals surface area contributed by atoms with Gasteiger partial charge in [0.1, 0.15) is 5.75 Å². The molecule has 0 amide bonds. The molecule has 2 rings (SSSR count). The predicted octanol–water partition coefficient (Wildman–Crippen LogP) is 0.988. The van der Waals surface area contributed by atoms with E-state index in [1.165, 1.54) is 31.4 Å². The van der Waals surface area contributed by atoms with Crippen LogP contribution in [0.5, 0.6) is 5.75 Å². The number of methoxy groups -OCH3 is 1. The molecular formula is C16H15ClNO5S-. The molecule has 0 aromatic heterocycles. The number of hydrogen-bond donors (Lipinski definition) is 1. The molecule has 0 saturated heterocycles. The maximum Gasteiger partial charge on any atom is 0.241 e. The van der Waals surface area contributed by atoms with E-state index >= 15 is 0 Å². The topological polar surface area (TPSA) is 95.5 Å². The number of hydrogen-bond acceptors (Lipinski definition) is 5. The van der Waals surface area contributed by atoms with Gasteiger partial charge in [-0.2, -0.15) is 0 Å². The SMILES string of the molecule is COc1ccc(S(=O)(=O)N[C@@H](Cc2ccc(Cl)cc2)C(=O)[O-])cc1. The first-order chi connectivity index (χ1) is 11.3. The summed E-state index contributed by atoms with van der Waals surface area (Å²) < 4.78 is 31.8. The van der Waals surface area contributed by atoms with Gasteiger partial charge in [0, 0.05) is 5.02 Å². The van der Waals surface area contributed by atoms with Crippen LogP contribution in [0.1, 0.15) is 5.56 Å². The molecule has 0 radical (unpaired) electrons. The molecule has 24 heavy (non-hydrogen) atoms. The van der Waals surface area contributed by atoms with Crippen molar-refractivity contribution < 1.29 is 23.1 Å². The molecule has 0 bridgehead atoms. The van der Waals surface area contributed by atoms with Gasteiger partial charge >= 0.3 is 0 Å². The minimum Gasteiger partial charge on any atom is -0.548 e. The number of benzene rings is 2. The molecule has 0 heterocycles. The van der Waals surface area contributed by atoms with Crippen LogP contribution >= 0.6 is 11.6 Å². The Kier molecular flexibility index (Phi) is 5.82. The quantitative estimate of drug-likeness (QED) is 0.786. The van der Waals surface area contributed by atoms with Gasteiger partial charge in [-0.1, -0.05) is 23.7 Å². The third kappa shape index (κ3) is 4.70. The van der Waals surface area contributed by atoms with Crippen LogP contribution in [-0.2, 0) is 21.2 Å². The van der Waals surface area contributed by atoms with Crippen molar-refractivity contribution >= 4 is 27.6 Å². The Labute approximate surface area is 145 Å². The fraction of sp³-hybridized carbons (Fsp3) is 0.188. The molecule has 128 valence electrons. The van der Waals surface area contributed by atoms with Crippen molar-refractivity contribution in [2.24, 2.45) is 0 Å². The molecular weight excluding hydrogens is 354 g/mol. The lowest BCUT2D eigenvalue weighted by atomic mass is 10.1. The highest BCUT2D eigenvalue weighted by atomic mass is 35.5. The van der Waals surface area contributed by atoms with Crippen LogP contribution in [0.15, 0.2) is 53.4 Å². The number of sulfonamides is 1. The second-order valence-electron chi connectivity index (χ2n) is 5.00. The fourth-order valence-electron chi connectivity index (χ4n) is 2.04. The van der Waals surface area contributed by atoms with Crippen LogP contribution in [0.3, 0.4) is 0 Å². The Morgan fingerprint density at radius 1 is 1.17 bits per heavy atom. The van der Waals surface area contributed by atoms with Crippen molar-refractivity contribution in [2.75, 3.05) is 7.11 Å². The Hall–Kier alpha value is -2.09. The highest BCUT2D eigenvalue weighted by Gasteiger charge is 2.21. The number of carbonyl (C=O) groups excluding carboxylic acids is 1. The molecule has 2 aromatic rings. The van der Waals surface area contributed by atoms with Gasteiger partial charge in [0.15, 0.2) is 0 Å². The fourth-order valence-corrected chi connectivity index (χ4v) is 3.35. The lowest BCUT2D eigenvalue weighted by Crippen LogP contribution is -2.49. The minimum atomic E-state index is -4.01. The third-order valence-electron chi connectivity index (χ3n) is 3.30. The molecule has 6 nitrogen and oxygen atoms in total. The summed E-state index contributed by atoms with van der Waals surface area (Å²) in [5.41, 5.74) is 0.617. The van der Waals surface area contributed by atoms with Crippen molar-refractivity contribution in [2.45, 2.75) is 17.4 Å². The predicted molar refractivity (Wildman–Crippen MR) is 87.3 cm³/mol. The van der Waals surface area contributed by atoms with Crippen molar-refractivity contribution in [1.29, 1.82) is 0 Å². The largest absolute Gasteiger partial charge is 0.548 e. The average Bonchev–Trinajstić information content (AvgIpc) is 2.56. The molecule has 8 heteroatoms. The van der Waals surface area contributed by atoms with E-state index in [2.05, 4.69) is 4.72 Å². The van der Waals surface area contributed by atoms with Crippen LogP contribution in [-0.4, -0.2) is 27.5 Å². The Morgan fingerprint density at radius 2 is 1.75 bits per heavy atom. The third-order valence-corrected chi connectivity index (χ3v) is 5.04. The number of ether oxygens (including phenoxy) is 1. The summed E-state index contributed by atoms with van der Waals surface area (Å²) in [6.07, 6.45) is -0.0606. The number of carbonyl (C=O) groups is 1. The van der Waals surface area contributed by atoms with E-state index in [1.54, 1.807) is 24.3 Å². The van der Waals surface area contributed by atoms with Crippen LogP contribution in [0.4, 0.5) is 0 Å². The molecule has 1 N–H and O–H groups in total. The Morgan fingerprint density at radius 3 is 2.25 bits per heavy atom. The number of halogens is 1. The molecule has 0 spiro atoms. The first-order valence-electron chi connectivity index (χ1n) is 6.93. The molecule has 0 aliphatic carbocycles. The summed E-state index contributed by atoms with van der Waals surface area (Å²) in [6.45, 7) is 0. The lowest BCUT2D eigenvalue weighted by Gasteiger charge is -2.20. The van der Waals surface area contributed by atoms with E-state index in [9.17, 15) is 18.3 Å². The minimum absolute atomic E-state index is 0.0606. The highest BCUT2D eigenvalue weighted by molar-refractivity contribution is 7.89. The number of rotatable bonds is 7. The van der Waals surface area contributed by atoms with Crippen LogP contribution in [0, 0.1) is 0 Å². The molecule has 0 fully saturated rings. The summed E-state index contributed by atoms with van der Waals surface area (Å²) in [6, 6.07) is 10.6. The molecule has 1 atom stereocenters. The second kappa shape index (κ2) is 7.65. The summed E-state index contributed by atoms with van der Waals surface area (Å²) in [4.78, 5) is 11.2. The Bertz CT molecular complexity index is 803. The van der Waals surface area contributed by atoms with Crippen molar-refractivity contribution in [1.82, 2.24) is 4.72 Å². The van der Waals surface area contributed by atoms with Crippen LogP contribution < -0.4 is 14.6 Å². The van der Waals surface area contributed by atoms with Gasteiger partial charge in [-0.15, -0.1) is 0 Å². The van der Waals surface area contributed by atoms with Crippen LogP contribution in [0.25, 0.3) is 0 Å². The second-order valence-corrected chi connectivity index (χ2v) is 7.15. The first kappa shape index (κ1) is 18.3. The first-order valence-corrected chi connectivity index (χ1v) is 8.79. The number of aliphatic carboxylic acids is 1.